The molecule has 12 heteroatoms. The van der Waals surface area contributed by atoms with Gasteiger partial charge < -0.3 is 10.1 Å². The Bertz CT molecular complexity index is 1220. The summed E-state index contributed by atoms with van der Waals surface area (Å²) in [7, 11) is 0. The van der Waals surface area contributed by atoms with Gasteiger partial charge in [-0.2, -0.15) is 0 Å². The van der Waals surface area contributed by atoms with Gasteiger partial charge >= 0.3 is 6.03 Å². The SMILES string of the molecule is Cc1cc([N+](=O)[O-])cnc1Oc1c(Br)cc(NC(=O)NC(=O)c2ccccc2Cl)cc1Br. The average molecular weight is 585 g/mol. The summed E-state index contributed by atoms with van der Waals surface area (Å²) in [5.74, 6) is -0.126. The van der Waals surface area contributed by atoms with Gasteiger partial charge in [0.2, 0.25) is 5.88 Å². The lowest BCUT2D eigenvalue weighted by atomic mass is 10.2. The second-order valence-corrected chi connectivity index (χ2v) is 8.45. The van der Waals surface area contributed by atoms with E-state index in [-0.39, 0.29) is 22.2 Å². The van der Waals surface area contributed by atoms with Gasteiger partial charge in [0, 0.05) is 17.3 Å². The van der Waals surface area contributed by atoms with E-state index in [0.29, 0.717) is 25.9 Å². The molecular formula is C20H13Br2ClN4O5. The second kappa shape index (κ2) is 10.1. The fraction of sp³-hybridized carbons (Fsp3) is 0.0500. The van der Waals surface area contributed by atoms with Gasteiger partial charge in [-0.05, 0) is 63.0 Å². The summed E-state index contributed by atoms with van der Waals surface area (Å²) in [4.78, 5) is 38.7. The number of carbonyl (C=O) groups is 2. The van der Waals surface area contributed by atoms with Crippen LogP contribution in [0.15, 0.2) is 57.6 Å². The highest BCUT2D eigenvalue weighted by Crippen LogP contribution is 2.39. The first-order chi connectivity index (χ1) is 15.2. The molecule has 0 aliphatic rings. The van der Waals surface area contributed by atoms with Crippen LogP contribution in [-0.4, -0.2) is 21.8 Å². The van der Waals surface area contributed by atoms with E-state index in [1.165, 1.54) is 12.1 Å². The van der Waals surface area contributed by atoms with Gasteiger partial charge in [-0.25, -0.2) is 9.78 Å². The molecule has 3 aromatic rings. The van der Waals surface area contributed by atoms with Crippen molar-refractivity contribution in [3.63, 3.8) is 0 Å². The van der Waals surface area contributed by atoms with Crippen molar-refractivity contribution in [2.45, 2.75) is 6.92 Å². The summed E-state index contributed by atoms with van der Waals surface area (Å²) in [6, 6.07) is 10.1. The van der Waals surface area contributed by atoms with Crippen LogP contribution in [0.3, 0.4) is 0 Å². The molecule has 2 aromatic carbocycles. The van der Waals surface area contributed by atoms with Crippen LogP contribution in [0.25, 0.3) is 0 Å². The molecule has 0 aliphatic carbocycles. The van der Waals surface area contributed by atoms with Crippen molar-refractivity contribution in [3.8, 4) is 11.6 Å². The van der Waals surface area contributed by atoms with E-state index in [4.69, 9.17) is 16.3 Å². The van der Waals surface area contributed by atoms with E-state index in [1.54, 1.807) is 37.3 Å². The maximum Gasteiger partial charge on any atom is 0.326 e. The van der Waals surface area contributed by atoms with Gasteiger partial charge in [-0.1, -0.05) is 23.7 Å². The predicted molar refractivity (Wildman–Crippen MR) is 125 cm³/mol. The maximum atomic E-state index is 12.2. The smallest absolute Gasteiger partial charge is 0.326 e. The Morgan fingerprint density at radius 2 is 1.81 bits per heavy atom. The maximum absolute atomic E-state index is 12.2. The third-order valence-corrected chi connectivity index (χ3v) is 5.53. The van der Waals surface area contributed by atoms with Crippen LogP contribution in [0.4, 0.5) is 16.2 Å². The molecule has 1 heterocycles. The van der Waals surface area contributed by atoms with E-state index in [0.717, 1.165) is 6.20 Å². The number of aromatic nitrogens is 1. The summed E-state index contributed by atoms with van der Waals surface area (Å²) < 4.78 is 6.69. The largest absolute Gasteiger partial charge is 0.436 e. The van der Waals surface area contributed by atoms with Crippen molar-refractivity contribution in [1.29, 1.82) is 0 Å². The lowest BCUT2D eigenvalue weighted by molar-refractivity contribution is -0.385. The van der Waals surface area contributed by atoms with Gasteiger partial charge in [0.25, 0.3) is 11.6 Å². The summed E-state index contributed by atoms with van der Waals surface area (Å²) >= 11 is 12.7. The van der Waals surface area contributed by atoms with Crippen LogP contribution in [-0.2, 0) is 0 Å². The van der Waals surface area contributed by atoms with Gasteiger partial charge in [0.05, 0.1) is 24.5 Å². The number of benzene rings is 2. The molecule has 0 saturated carbocycles. The van der Waals surface area contributed by atoms with Crippen LogP contribution in [0.2, 0.25) is 5.02 Å². The lowest BCUT2D eigenvalue weighted by Gasteiger charge is -2.13. The number of pyridine rings is 1. The molecule has 9 nitrogen and oxygen atoms in total. The number of ether oxygens (including phenoxy) is 1. The number of amides is 3. The minimum Gasteiger partial charge on any atom is -0.436 e. The molecule has 32 heavy (non-hydrogen) atoms. The van der Waals surface area contributed by atoms with Crippen molar-refractivity contribution >= 4 is 66.8 Å². The minimum atomic E-state index is -0.754. The zero-order chi connectivity index (χ0) is 23.4. The Morgan fingerprint density at radius 3 is 2.41 bits per heavy atom. The van der Waals surface area contributed by atoms with E-state index >= 15 is 0 Å². The number of urea groups is 1. The number of nitrogens with zero attached hydrogens (tertiary/aromatic N) is 2. The normalized spacial score (nSPS) is 10.4. The van der Waals surface area contributed by atoms with Gasteiger partial charge in [-0.15, -0.1) is 0 Å². The monoisotopic (exact) mass is 582 g/mol. The molecule has 1 aromatic heterocycles. The van der Waals surface area contributed by atoms with Crippen LogP contribution in [0.1, 0.15) is 15.9 Å². The van der Waals surface area contributed by atoms with E-state index in [2.05, 4.69) is 47.5 Å². The molecule has 3 amide bonds. The zero-order valence-electron chi connectivity index (χ0n) is 16.2. The number of nitrogens with one attached hydrogen (secondary N) is 2. The average Bonchev–Trinajstić information content (AvgIpc) is 2.71. The highest BCUT2D eigenvalue weighted by atomic mass is 79.9. The molecule has 3 rings (SSSR count). The van der Waals surface area contributed by atoms with Crippen LogP contribution in [0, 0.1) is 17.0 Å². The Balaban J connectivity index is 1.73. The first-order valence-electron chi connectivity index (χ1n) is 8.80. The minimum absolute atomic E-state index is 0.148. The molecule has 0 unspecified atom stereocenters. The van der Waals surface area contributed by atoms with Gasteiger partial charge in [0.15, 0.2) is 5.75 Å². The fourth-order valence-corrected chi connectivity index (χ4v) is 4.13. The Labute approximate surface area is 203 Å². The molecule has 0 aliphatic heterocycles. The lowest BCUT2D eigenvalue weighted by Crippen LogP contribution is -2.34. The second-order valence-electron chi connectivity index (χ2n) is 6.33. The first kappa shape index (κ1) is 23.6. The molecule has 0 atom stereocenters. The number of hydrogen-bond donors (Lipinski definition) is 2. The molecule has 0 saturated heterocycles. The number of halogens is 3. The third-order valence-electron chi connectivity index (χ3n) is 4.03. The summed E-state index contributed by atoms with van der Waals surface area (Å²) in [5.41, 5.74) is 0.845. The Hall–Kier alpha value is -3.02. The summed E-state index contributed by atoms with van der Waals surface area (Å²) in [6.45, 7) is 1.63. The topological polar surface area (TPSA) is 123 Å². The molecular weight excluding hydrogens is 572 g/mol. The van der Waals surface area contributed by atoms with E-state index in [1.807, 2.05) is 0 Å². The van der Waals surface area contributed by atoms with Crippen LogP contribution < -0.4 is 15.4 Å². The van der Waals surface area contributed by atoms with Crippen LogP contribution in [0.5, 0.6) is 11.6 Å². The number of imide groups is 1. The summed E-state index contributed by atoms with van der Waals surface area (Å²) in [6.07, 6.45) is 1.10. The Morgan fingerprint density at radius 1 is 1.16 bits per heavy atom. The van der Waals surface area contributed by atoms with Crippen molar-refractivity contribution in [3.05, 3.63) is 83.9 Å². The van der Waals surface area contributed by atoms with Gasteiger partial charge in [0.1, 0.15) is 6.20 Å². The molecule has 0 fully saturated rings. The van der Waals surface area contributed by atoms with Crippen molar-refractivity contribution in [2.24, 2.45) is 0 Å². The number of carbonyl (C=O) groups excluding carboxylic acids is 2. The molecule has 2 N–H and O–H groups in total. The number of rotatable bonds is 5. The Kier molecular flexibility index (Phi) is 7.44. The quantitative estimate of drug-likeness (QED) is 0.271. The van der Waals surface area contributed by atoms with Gasteiger partial charge in [-0.3, -0.25) is 20.2 Å². The van der Waals surface area contributed by atoms with Crippen molar-refractivity contribution < 1.29 is 19.2 Å². The zero-order valence-corrected chi connectivity index (χ0v) is 20.1. The number of nitro groups is 1. The predicted octanol–water partition coefficient (Wildman–Crippen LogP) is 6.23. The standard InChI is InChI=1S/C20H13Br2ClN4O5/c1-10-6-12(27(30)31)9-24-19(10)32-17-14(21)7-11(8-15(17)22)25-20(29)26-18(28)13-4-2-3-5-16(13)23/h2-9H,1H3,(H2,25,26,28,29). The summed E-state index contributed by atoms with van der Waals surface area (Å²) in [5, 5.41) is 15.8. The van der Waals surface area contributed by atoms with Crippen LogP contribution >= 0.6 is 43.5 Å². The highest BCUT2D eigenvalue weighted by molar-refractivity contribution is 9.11. The highest BCUT2D eigenvalue weighted by Gasteiger charge is 2.17. The van der Waals surface area contributed by atoms with E-state index in [9.17, 15) is 19.7 Å². The molecule has 0 bridgehead atoms. The first-order valence-corrected chi connectivity index (χ1v) is 10.8. The number of aryl methyl sites for hydroxylation is 1. The number of anilines is 1. The fourth-order valence-electron chi connectivity index (χ4n) is 2.56. The van der Waals surface area contributed by atoms with Crippen molar-refractivity contribution in [2.75, 3.05) is 5.32 Å². The molecule has 164 valence electrons. The number of hydrogen-bond acceptors (Lipinski definition) is 6. The third kappa shape index (κ3) is 5.61. The van der Waals surface area contributed by atoms with E-state index < -0.39 is 16.9 Å². The molecule has 0 radical (unpaired) electrons. The van der Waals surface area contributed by atoms with Crippen molar-refractivity contribution in [1.82, 2.24) is 10.3 Å². The molecule has 0 spiro atoms.